The van der Waals surface area contributed by atoms with Gasteiger partial charge >= 0.3 is 0 Å². The molecule has 1 aromatic rings. The van der Waals surface area contributed by atoms with Crippen LogP contribution in [0.1, 0.15) is 32.1 Å². The molecule has 6 nitrogen and oxygen atoms in total. The lowest BCUT2D eigenvalue weighted by Gasteiger charge is -2.12. The molecule has 1 saturated carbocycles. The lowest BCUT2D eigenvalue weighted by Crippen LogP contribution is -2.33. The Morgan fingerprint density at radius 2 is 2.20 bits per heavy atom. The topological polar surface area (TPSA) is 76.0 Å². The first-order chi connectivity index (χ1) is 9.58. The van der Waals surface area contributed by atoms with Crippen LogP contribution >= 0.6 is 15.9 Å². The summed E-state index contributed by atoms with van der Waals surface area (Å²) in [5, 5.41) is 10.0. The van der Waals surface area contributed by atoms with Crippen molar-refractivity contribution in [2.24, 2.45) is 7.05 Å². The quantitative estimate of drug-likeness (QED) is 0.848. The van der Waals surface area contributed by atoms with Crippen molar-refractivity contribution in [1.29, 1.82) is 0 Å². The van der Waals surface area contributed by atoms with Crippen LogP contribution in [0, 0.1) is 0 Å². The van der Waals surface area contributed by atoms with E-state index < -0.39 is 0 Å². The van der Waals surface area contributed by atoms with Crippen LogP contribution in [0.25, 0.3) is 0 Å². The summed E-state index contributed by atoms with van der Waals surface area (Å²) in [4.78, 5) is 23.4. The van der Waals surface area contributed by atoms with Crippen molar-refractivity contribution in [3.8, 4) is 0 Å². The first-order valence-corrected chi connectivity index (χ1v) is 7.62. The number of nitrogens with one attached hydrogen (secondary N) is 2. The summed E-state index contributed by atoms with van der Waals surface area (Å²) in [6.45, 7) is 0.478. The van der Waals surface area contributed by atoms with E-state index in [1.54, 1.807) is 13.2 Å². The highest BCUT2D eigenvalue weighted by Gasteiger charge is 2.16. The van der Waals surface area contributed by atoms with E-state index in [2.05, 4.69) is 31.7 Å². The molecule has 0 atom stereocenters. The lowest BCUT2D eigenvalue weighted by atomic mass is 10.2. The maximum absolute atomic E-state index is 11.8. The summed E-state index contributed by atoms with van der Waals surface area (Å²) in [7, 11) is 1.59. The molecule has 1 amide bonds. The molecule has 0 saturated heterocycles. The van der Waals surface area contributed by atoms with Gasteiger partial charge in [0.05, 0.1) is 11.9 Å². The Kier molecular flexibility index (Phi) is 5.17. The molecule has 1 aromatic heterocycles. The number of carbonyl (C=O) groups excluding carboxylic acids is 1. The molecule has 7 heteroatoms. The average Bonchev–Trinajstić information content (AvgIpc) is 2.91. The first-order valence-electron chi connectivity index (χ1n) is 6.83. The van der Waals surface area contributed by atoms with Crippen LogP contribution in [0.4, 0.5) is 5.69 Å². The SMILES string of the molecule is Cn1ncc(NCCC(=O)NC2CCCC2)c(Br)c1=O. The minimum Gasteiger partial charge on any atom is -0.382 e. The Hall–Kier alpha value is -1.37. The summed E-state index contributed by atoms with van der Waals surface area (Å²) in [6.07, 6.45) is 6.54. The molecule has 2 N–H and O–H groups in total. The smallest absolute Gasteiger partial charge is 0.282 e. The molecule has 1 heterocycles. The van der Waals surface area contributed by atoms with Gasteiger partial charge in [-0.25, -0.2) is 4.68 Å². The van der Waals surface area contributed by atoms with Crippen LogP contribution in [0.3, 0.4) is 0 Å². The fraction of sp³-hybridized carbons (Fsp3) is 0.615. The fourth-order valence-electron chi connectivity index (χ4n) is 2.31. The minimum atomic E-state index is -0.203. The van der Waals surface area contributed by atoms with Crippen molar-refractivity contribution in [1.82, 2.24) is 15.1 Å². The molecule has 1 aliphatic rings. The zero-order chi connectivity index (χ0) is 14.5. The predicted molar refractivity (Wildman–Crippen MR) is 80.7 cm³/mol. The average molecular weight is 343 g/mol. The van der Waals surface area contributed by atoms with E-state index >= 15 is 0 Å². The maximum atomic E-state index is 11.8. The highest BCUT2D eigenvalue weighted by molar-refractivity contribution is 9.10. The summed E-state index contributed by atoms with van der Waals surface area (Å²) in [5.74, 6) is 0.0531. The van der Waals surface area contributed by atoms with E-state index in [0.29, 0.717) is 29.2 Å². The molecular formula is C13H19BrN4O2. The molecule has 0 aromatic carbocycles. The molecule has 1 aliphatic carbocycles. The second-order valence-electron chi connectivity index (χ2n) is 5.03. The van der Waals surface area contributed by atoms with E-state index in [0.717, 1.165) is 12.8 Å². The van der Waals surface area contributed by atoms with E-state index in [1.165, 1.54) is 17.5 Å². The third-order valence-electron chi connectivity index (χ3n) is 3.47. The van der Waals surface area contributed by atoms with Gasteiger partial charge in [0.25, 0.3) is 5.56 Å². The number of nitrogens with zero attached hydrogens (tertiary/aromatic N) is 2. The first kappa shape index (κ1) is 15.0. The van der Waals surface area contributed by atoms with Gasteiger partial charge in [0, 0.05) is 26.1 Å². The third kappa shape index (κ3) is 3.82. The maximum Gasteiger partial charge on any atom is 0.282 e. The van der Waals surface area contributed by atoms with Gasteiger partial charge in [0.2, 0.25) is 5.91 Å². The van der Waals surface area contributed by atoms with E-state index in [9.17, 15) is 9.59 Å². The van der Waals surface area contributed by atoms with E-state index in [4.69, 9.17) is 0 Å². The number of aromatic nitrogens is 2. The van der Waals surface area contributed by atoms with Crippen LogP contribution in [0.5, 0.6) is 0 Å². The van der Waals surface area contributed by atoms with Crippen molar-refractivity contribution in [2.75, 3.05) is 11.9 Å². The predicted octanol–water partition coefficient (Wildman–Crippen LogP) is 1.40. The summed E-state index contributed by atoms with van der Waals surface area (Å²) < 4.78 is 1.69. The van der Waals surface area contributed by atoms with Crippen molar-refractivity contribution in [2.45, 2.75) is 38.1 Å². The molecule has 20 heavy (non-hydrogen) atoms. The number of anilines is 1. The summed E-state index contributed by atoms with van der Waals surface area (Å²) in [5.41, 5.74) is 0.409. The number of rotatable bonds is 5. The largest absolute Gasteiger partial charge is 0.382 e. The van der Waals surface area contributed by atoms with Crippen LogP contribution in [0.2, 0.25) is 0 Å². The van der Waals surface area contributed by atoms with Crippen molar-refractivity contribution in [3.63, 3.8) is 0 Å². The van der Waals surface area contributed by atoms with Gasteiger partial charge in [-0.1, -0.05) is 12.8 Å². The Balaban J connectivity index is 1.79. The second kappa shape index (κ2) is 6.88. The highest BCUT2D eigenvalue weighted by Crippen LogP contribution is 2.18. The molecule has 1 fully saturated rings. The van der Waals surface area contributed by atoms with E-state index in [-0.39, 0.29) is 11.5 Å². The number of carbonyl (C=O) groups is 1. The van der Waals surface area contributed by atoms with Crippen LogP contribution in [-0.2, 0) is 11.8 Å². The molecule has 2 rings (SSSR count). The molecular weight excluding hydrogens is 324 g/mol. The Labute approximate surface area is 126 Å². The van der Waals surface area contributed by atoms with Gasteiger partial charge in [-0.15, -0.1) is 0 Å². The standard InChI is InChI=1S/C13H19BrN4O2/c1-18-13(20)12(14)10(8-16-18)15-7-6-11(19)17-9-4-2-3-5-9/h8-9,15H,2-7H2,1H3,(H,17,19). The number of hydrogen-bond acceptors (Lipinski definition) is 4. The number of amides is 1. The van der Waals surface area contributed by atoms with Gasteiger partial charge in [-0.2, -0.15) is 5.10 Å². The Morgan fingerprint density at radius 1 is 1.50 bits per heavy atom. The number of aryl methyl sites for hydroxylation is 1. The van der Waals surface area contributed by atoms with Gasteiger partial charge in [-0.05, 0) is 28.8 Å². The second-order valence-corrected chi connectivity index (χ2v) is 5.82. The lowest BCUT2D eigenvalue weighted by molar-refractivity contribution is -0.121. The number of hydrogen-bond donors (Lipinski definition) is 2. The Morgan fingerprint density at radius 3 is 2.90 bits per heavy atom. The van der Waals surface area contributed by atoms with Gasteiger partial charge in [0.1, 0.15) is 4.47 Å². The van der Waals surface area contributed by atoms with Crippen LogP contribution in [-0.4, -0.2) is 28.3 Å². The van der Waals surface area contributed by atoms with Gasteiger partial charge in [-0.3, -0.25) is 9.59 Å². The molecule has 0 unspecified atom stereocenters. The molecule has 0 radical (unpaired) electrons. The molecule has 0 bridgehead atoms. The zero-order valence-corrected chi connectivity index (χ0v) is 13.1. The van der Waals surface area contributed by atoms with Crippen LogP contribution in [0.15, 0.2) is 15.5 Å². The fourth-order valence-corrected chi connectivity index (χ4v) is 2.81. The molecule has 110 valence electrons. The van der Waals surface area contributed by atoms with Gasteiger partial charge in [0.15, 0.2) is 0 Å². The third-order valence-corrected chi connectivity index (χ3v) is 4.23. The van der Waals surface area contributed by atoms with E-state index in [1.807, 2.05) is 0 Å². The monoisotopic (exact) mass is 342 g/mol. The number of halogens is 1. The van der Waals surface area contributed by atoms with Crippen molar-refractivity contribution >= 4 is 27.5 Å². The Bertz CT molecular complexity index is 538. The van der Waals surface area contributed by atoms with Crippen LogP contribution < -0.4 is 16.2 Å². The summed E-state index contributed by atoms with van der Waals surface area (Å²) in [6, 6.07) is 0.347. The highest BCUT2D eigenvalue weighted by atomic mass is 79.9. The molecule has 0 spiro atoms. The minimum absolute atomic E-state index is 0.0531. The van der Waals surface area contributed by atoms with Crippen molar-refractivity contribution < 1.29 is 4.79 Å². The van der Waals surface area contributed by atoms with Crippen molar-refractivity contribution in [3.05, 3.63) is 21.0 Å². The molecule has 0 aliphatic heterocycles. The summed E-state index contributed by atoms with van der Waals surface area (Å²) >= 11 is 3.23. The normalized spacial score (nSPS) is 15.3. The zero-order valence-electron chi connectivity index (χ0n) is 11.5. The van der Waals surface area contributed by atoms with Gasteiger partial charge < -0.3 is 10.6 Å².